The van der Waals surface area contributed by atoms with Crippen molar-refractivity contribution in [3.05, 3.63) is 34.3 Å². The molecule has 1 N–H and O–H groups in total. The molecule has 0 bridgehead atoms. The molecule has 1 fully saturated rings. The number of carbonyl (C=O) groups is 1. The fraction of sp³-hybridized carbons (Fsp3) is 0.533. The lowest BCUT2D eigenvalue weighted by atomic mass is 9.93. The number of carboxylic acids is 1. The van der Waals surface area contributed by atoms with Crippen molar-refractivity contribution in [1.29, 1.82) is 0 Å². The van der Waals surface area contributed by atoms with E-state index < -0.39 is 5.97 Å². The van der Waals surface area contributed by atoms with Gasteiger partial charge in [0.05, 0.1) is 5.92 Å². The minimum atomic E-state index is -0.645. The molecular formula is C15H20BrNO2. The number of hydrogen-bond donors (Lipinski definition) is 1. The number of piperidine rings is 1. The molecular weight excluding hydrogens is 306 g/mol. The van der Waals surface area contributed by atoms with Gasteiger partial charge in [-0.25, -0.2) is 0 Å². The van der Waals surface area contributed by atoms with Gasteiger partial charge in [0.2, 0.25) is 0 Å². The summed E-state index contributed by atoms with van der Waals surface area (Å²) in [5.41, 5.74) is 1.30. The van der Waals surface area contributed by atoms with E-state index in [2.05, 4.69) is 46.0 Å². The third-order valence-electron chi connectivity index (χ3n) is 3.97. The van der Waals surface area contributed by atoms with Crippen LogP contribution in [0.4, 0.5) is 0 Å². The molecule has 0 aromatic heterocycles. The summed E-state index contributed by atoms with van der Waals surface area (Å²) in [5, 5.41) is 9.06. The zero-order valence-corrected chi connectivity index (χ0v) is 12.8. The van der Waals surface area contributed by atoms with Crippen LogP contribution in [0.3, 0.4) is 0 Å². The molecule has 4 heteroatoms. The van der Waals surface area contributed by atoms with Gasteiger partial charge in [-0.1, -0.05) is 41.1 Å². The van der Waals surface area contributed by atoms with Crippen molar-refractivity contribution in [3.63, 3.8) is 0 Å². The summed E-state index contributed by atoms with van der Waals surface area (Å²) in [6, 6.07) is 8.69. The Morgan fingerprint density at radius 2 is 2.05 bits per heavy atom. The van der Waals surface area contributed by atoms with Crippen LogP contribution >= 0.6 is 15.9 Å². The Kier molecular flexibility index (Phi) is 4.99. The number of halogens is 1. The predicted molar refractivity (Wildman–Crippen MR) is 79.1 cm³/mol. The molecule has 2 rings (SSSR count). The van der Waals surface area contributed by atoms with E-state index in [0.29, 0.717) is 6.04 Å². The first-order chi connectivity index (χ1) is 9.13. The number of likely N-dealkylation sites (tertiary alicyclic amines) is 1. The van der Waals surface area contributed by atoms with Crippen LogP contribution in [0.25, 0.3) is 0 Å². The molecule has 0 saturated carbocycles. The molecule has 3 nitrogen and oxygen atoms in total. The van der Waals surface area contributed by atoms with Crippen molar-refractivity contribution in [2.45, 2.75) is 32.2 Å². The molecule has 1 aliphatic heterocycles. The number of nitrogens with zero attached hydrogens (tertiary/aromatic N) is 1. The summed E-state index contributed by atoms with van der Waals surface area (Å²) >= 11 is 3.62. The zero-order chi connectivity index (χ0) is 13.8. The molecule has 1 aliphatic rings. The molecule has 1 saturated heterocycles. The lowest BCUT2D eigenvalue weighted by molar-refractivity contribution is -0.143. The number of hydrogen-bond acceptors (Lipinski definition) is 2. The highest BCUT2D eigenvalue weighted by molar-refractivity contribution is 9.10. The minimum Gasteiger partial charge on any atom is -0.481 e. The van der Waals surface area contributed by atoms with Crippen LogP contribution < -0.4 is 0 Å². The maximum absolute atomic E-state index is 11.0. The zero-order valence-electron chi connectivity index (χ0n) is 11.2. The van der Waals surface area contributed by atoms with Gasteiger partial charge in [-0.15, -0.1) is 0 Å². The van der Waals surface area contributed by atoms with E-state index in [-0.39, 0.29) is 5.92 Å². The first-order valence-electron chi connectivity index (χ1n) is 6.84. The van der Waals surface area contributed by atoms with Gasteiger partial charge in [-0.05, 0) is 44.0 Å². The third kappa shape index (κ3) is 3.37. The first kappa shape index (κ1) is 14.5. The van der Waals surface area contributed by atoms with E-state index in [1.807, 2.05) is 6.07 Å². The SMILES string of the molecule is CCC(c1ccccc1Br)N1CCC(C(=O)O)CC1. The number of benzene rings is 1. The molecule has 104 valence electrons. The second-order valence-electron chi connectivity index (χ2n) is 5.09. The molecule has 1 unspecified atom stereocenters. The molecule has 0 spiro atoms. The fourth-order valence-electron chi connectivity index (χ4n) is 2.88. The summed E-state index contributed by atoms with van der Waals surface area (Å²) in [6.07, 6.45) is 2.56. The van der Waals surface area contributed by atoms with Crippen LogP contribution in [-0.4, -0.2) is 29.1 Å². The van der Waals surface area contributed by atoms with Gasteiger partial charge < -0.3 is 5.11 Å². The van der Waals surface area contributed by atoms with E-state index in [4.69, 9.17) is 5.11 Å². The fourth-order valence-corrected chi connectivity index (χ4v) is 3.43. The van der Waals surface area contributed by atoms with Crippen molar-refractivity contribution >= 4 is 21.9 Å². The summed E-state index contributed by atoms with van der Waals surface area (Å²) < 4.78 is 1.14. The number of aliphatic carboxylic acids is 1. The minimum absolute atomic E-state index is 0.159. The molecule has 0 radical (unpaired) electrons. The van der Waals surface area contributed by atoms with E-state index >= 15 is 0 Å². The average Bonchev–Trinajstić information content (AvgIpc) is 2.42. The second kappa shape index (κ2) is 6.53. The normalized spacial score (nSPS) is 19.3. The second-order valence-corrected chi connectivity index (χ2v) is 5.95. The molecule has 1 heterocycles. The van der Waals surface area contributed by atoms with Gasteiger partial charge in [0.25, 0.3) is 0 Å². The van der Waals surface area contributed by atoms with Crippen LogP contribution in [0.2, 0.25) is 0 Å². The van der Waals surface area contributed by atoms with E-state index in [9.17, 15) is 4.79 Å². The quantitative estimate of drug-likeness (QED) is 0.917. The lowest BCUT2D eigenvalue weighted by Gasteiger charge is -2.36. The molecule has 19 heavy (non-hydrogen) atoms. The van der Waals surface area contributed by atoms with Crippen molar-refractivity contribution in [3.8, 4) is 0 Å². The van der Waals surface area contributed by atoms with Crippen molar-refractivity contribution < 1.29 is 9.90 Å². The largest absolute Gasteiger partial charge is 0.481 e. The summed E-state index contributed by atoms with van der Waals surface area (Å²) in [6.45, 7) is 3.93. The van der Waals surface area contributed by atoms with E-state index in [1.54, 1.807) is 0 Å². The van der Waals surface area contributed by atoms with Crippen LogP contribution in [-0.2, 0) is 4.79 Å². The monoisotopic (exact) mass is 325 g/mol. The topological polar surface area (TPSA) is 40.5 Å². The van der Waals surface area contributed by atoms with Gasteiger partial charge in [0.1, 0.15) is 0 Å². The molecule has 0 amide bonds. The lowest BCUT2D eigenvalue weighted by Crippen LogP contribution is -2.38. The Balaban J connectivity index is 2.08. The molecule has 1 aromatic carbocycles. The van der Waals surface area contributed by atoms with Crippen LogP contribution in [0.1, 0.15) is 37.8 Å². The number of rotatable bonds is 4. The Morgan fingerprint density at radius 3 is 2.58 bits per heavy atom. The van der Waals surface area contributed by atoms with Crippen LogP contribution in [0.15, 0.2) is 28.7 Å². The molecule has 1 aromatic rings. The van der Waals surface area contributed by atoms with E-state index in [1.165, 1.54) is 5.56 Å². The van der Waals surface area contributed by atoms with Crippen LogP contribution in [0.5, 0.6) is 0 Å². The standard InChI is InChI=1S/C15H20BrNO2/c1-2-14(12-5-3-4-6-13(12)16)17-9-7-11(8-10-17)15(18)19/h3-6,11,14H,2,7-10H2,1H3,(H,18,19). The highest BCUT2D eigenvalue weighted by atomic mass is 79.9. The Bertz CT molecular complexity index is 442. The Hall–Kier alpha value is -0.870. The average molecular weight is 326 g/mol. The maximum Gasteiger partial charge on any atom is 0.306 e. The third-order valence-corrected chi connectivity index (χ3v) is 4.69. The van der Waals surface area contributed by atoms with Gasteiger partial charge in [-0.2, -0.15) is 0 Å². The highest BCUT2D eigenvalue weighted by Gasteiger charge is 2.28. The first-order valence-corrected chi connectivity index (χ1v) is 7.64. The molecule has 0 aliphatic carbocycles. The van der Waals surface area contributed by atoms with Gasteiger partial charge in [-0.3, -0.25) is 9.69 Å². The van der Waals surface area contributed by atoms with Crippen LogP contribution in [0, 0.1) is 5.92 Å². The maximum atomic E-state index is 11.0. The summed E-state index contributed by atoms with van der Waals surface area (Å²) in [5.74, 6) is -0.804. The number of carboxylic acid groups (broad SMARTS) is 1. The molecule has 1 atom stereocenters. The summed E-state index contributed by atoms with van der Waals surface area (Å²) in [4.78, 5) is 13.4. The Morgan fingerprint density at radius 1 is 1.42 bits per heavy atom. The van der Waals surface area contributed by atoms with Gasteiger partial charge >= 0.3 is 5.97 Å². The Labute approximate surface area is 122 Å². The van der Waals surface area contributed by atoms with Crippen molar-refractivity contribution in [2.75, 3.05) is 13.1 Å². The summed E-state index contributed by atoms with van der Waals surface area (Å²) in [7, 11) is 0. The van der Waals surface area contributed by atoms with Crippen molar-refractivity contribution in [1.82, 2.24) is 4.90 Å². The van der Waals surface area contributed by atoms with Crippen molar-refractivity contribution in [2.24, 2.45) is 5.92 Å². The van der Waals surface area contributed by atoms with Gasteiger partial charge in [0, 0.05) is 10.5 Å². The predicted octanol–water partition coefficient (Wildman–Crippen LogP) is 3.70. The highest BCUT2D eigenvalue weighted by Crippen LogP contribution is 2.33. The smallest absolute Gasteiger partial charge is 0.306 e. The van der Waals surface area contributed by atoms with Gasteiger partial charge in [0.15, 0.2) is 0 Å². The van der Waals surface area contributed by atoms with E-state index in [0.717, 1.165) is 36.8 Å².